The number of methoxy groups -OCH3 is 2. The van der Waals surface area contributed by atoms with Gasteiger partial charge in [0.2, 0.25) is 0 Å². The second kappa shape index (κ2) is 7.62. The Morgan fingerprint density at radius 1 is 0.952 bits per heavy atom. The fourth-order valence-electron chi connectivity index (χ4n) is 2.20. The van der Waals surface area contributed by atoms with Crippen LogP contribution in [-0.2, 0) is 6.42 Å². The van der Waals surface area contributed by atoms with Crippen molar-refractivity contribution in [2.75, 3.05) is 20.1 Å². The van der Waals surface area contributed by atoms with Gasteiger partial charge in [-0.1, -0.05) is 36.0 Å². The third-order valence-corrected chi connectivity index (χ3v) is 4.59. The molecule has 0 aromatic heterocycles. The Labute approximate surface area is 135 Å². The Morgan fingerprint density at radius 3 is 2.33 bits per heavy atom. The minimum Gasteiger partial charge on any atom is -0.493 e. The zero-order valence-corrected chi connectivity index (χ0v) is 14.1. The number of aryl methyl sites for hydroxylation is 2. The third kappa shape index (κ3) is 3.66. The average molecular weight is 323 g/mol. The molecule has 4 heteroatoms. The van der Waals surface area contributed by atoms with Gasteiger partial charge >= 0.3 is 0 Å². The van der Waals surface area contributed by atoms with Crippen molar-refractivity contribution < 1.29 is 9.47 Å². The van der Waals surface area contributed by atoms with Crippen LogP contribution in [0, 0.1) is 6.92 Å². The van der Waals surface area contributed by atoms with Crippen LogP contribution in [-0.4, -0.2) is 20.1 Å². The van der Waals surface area contributed by atoms with Crippen LogP contribution in [0.1, 0.15) is 11.1 Å². The van der Waals surface area contributed by atoms with Crippen molar-refractivity contribution in [3.63, 3.8) is 0 Å². The Kier molecular flexibility index (Phi) is 5.83. The van der Waals surface area contributed by atoms with Gasteiger partial charge in [0, 0.05) is 10.8 Å². The Morgan fingerprint density at radius 2 is 1.67 bits per heavy atom. The number of hydrogen-bond donors (Lipinski definition) is 0. The molecule has 0 N–H and O–H groups in total. The summed E-state index contributed by atoms with van der Waals surface area (Å²) in [4.78, 5) is 2.24. The maximum Gasteiger partial charge on any atom is 0.174 e. The summed E-state index contributed by atoms with van der Waals surface area (Å²) >= 11 is 7.56. The van der Waals surface area contributed by atoms with E-state index >= 15 is 0 Å². The number of benzene rings is 2. The molecule has 2 nitrogen and oxygen atoms in total. The number of halogens is 1. The summed E-state index contributed by atoms with van der Waals surface area (Å²) in [6, 6.07) is 12.4. The van der Waals surface area contributed by atoms with Crippen LogP contribution >= 0.6 is 23.4 Å². The van der Waals surface area contributed by atoms with Gasteiger partial charge < -0.3 is 9.47 Å². The molecule has 0 heterocycles. The lowest BCUT2D eigenvalue weighted by Gasteiger charge is -2.15. The minimum absolute atomic E-state index is 0.617. The molecular weight excluding hydrogens is 304 g/mol. The van der Waals surface area contributed by atoms with Gasteiger partial charge in [-0.15, -0.1) is 11.6 Å². The Balaban J connectivity index is 2.40. The minimum atomic E-state index is 0.617. The van der Waals surface area contributed by atoms with Crippen LogP contribution in [0.3, 0.4) is 0 Å². The fraction of sp³-hybridized carbons (Fsp3) is 0.294. The van der Waals surface area contributed by atoms with Crippen LogP contribution in [0.2, 0.25) is 0 Å². The van der Waals surface area contributed by atoms with Crippen molar-refractivity contribution in [2.24, 2.45) is 0 Å². The van der Waals surface area contributed by atoms with Crippen LogP contribution < -0.4 is 9.47 Å². The zero-order chi connectivity index (χ0) is 15.2. The summed E-state index contributed by atoms with van der Waals surface area (Å²) in [5, 5.41) is 0. The van der Waals surface area contributed by atoms with Gasteiger partial charge in [0.05, 0.1) is 19.1 Å². The smallest absolute Gasteiger partial charge is 0.174 e. The monoisotopic (exact) mass is 322 g/mol. The topological polar surface area (TPSA) is 18.5 Å². The van der Waals surface area contributed by atoms with E-state index in [4.69, 9.17) is 21.1 Å². The van der Waals surface area contributed by atoms with E-state index in [0.29, 0.717) is 5.88 Å². The van der Waals surface area contributed by atoms with E-state index in [0.717, 1.165) is 28.4 Å². The van der Waals surface area contributed by atoms with E-state index in [1.54, 1.807) is 26.0 Å². The van der Waals surface area contributed by atoms with Crippen molar-refractivity contribution >= 4 is 23.4 Å². The van der Waals surface area contributed by atoms with Crippen molar-refractivity contribution in [2.45, 2.75) is 23.1 Å². The highest BCUT2D eigenvalue weighted by atomic mass is 35.5. The van der Waals surface area contributed by atoms with E-state index in [9.17, 15) is 0 Å². The first-order valence-corrected chi connectivity index (χ1v) is 8.09. The van der Waals surface area contributed by atoms with E-state index in [1.165, 1.54) is 10.5 Å². The van der Waals surface area contributed by atoms with Crippen LogP contribution in [0.5, 0.6) is 11.5 Å². The molecular formula is C17H19ClO2S. The standard InChI is InChI=1S/C17H19ClO2S/c1-12-8-9-15(17(20-3)16(12)19-2)21-14-7-5-4-6-13(14)10-11-18/h4-9H,10-11H2,1-3H3. The highest BCUT2D eigenvalue weighted by Crippen LogP contribution is 2.43. The van der Waals surface area contributed by atoms with Gasteiger partial charge in [-0.3, -0.25) is 0 Å². The molecule has 0 bridgehead atoms. The average Bonchev–Trinajstić information content (AvgIpc) is 2.50. The molecule has 0 spiro atoms. The summed E-state index contributed by atoms with van der Waals surface area (Å²) in [6.07, 6.45) is 0.857. The van der Waals surface area contributed by atoms with Gasteiger partial charge in [0.1, 0.15) is 0 Å². The van der Waals surface area contributed by atoms with E-state index in [2.05, 4.69) is 18.2 Å². The van der Waals surface area contributed by atoms with Crippen LogP contribution in [0.25, 0.3) is 0 Å². The maximum atomic E-state index is 5.88. The molecule has 0 aliphatic rings. The second-order valence-corrected chi connectivity index (χ2v) is 6.06. The first-order valence-electron chi connectivity index (χ1n) is 6.74. The molecule has 0 radical (unpaired) electrons. The highest BCUT2D eigenvalue weighted by molar-refractivity contribution is 7.99. The molecule has 21 heavy (non-hydrogen) atoms. The lowest BCUT2D eigenvalue weighted by molar-refractivity contribution is 0.346. The molecule has 0 fully saturated rings. The van der Waals surface area contributed by atoms with Crippen molar-refractivity contribution in [1.29, 1.82) is 0 Å². The van der Waals surface area contributed by atoms with Gasteiger partial charge in [-0.05, 0) is 36.6 Å². The number of hydrogen-bond acceptors (Lipinski definition) is 3. The predicted molar refractivity (Wildman–Crippen MR) is 89.3 cm³/mol. The predicted octanol–water partition coefficient (Wildman–Crippen LogP) is 4.94. The lowest BCUT2D eigenvalue weighted by Crippen LogP contribution is -1.96. The molecule has 0 aliphatic carbocycles. The zero-order valence-electron chi connectivity index (χ0n) is 12.5. The van der Waals surface area contributed by atoms with E-state index < -0.39 is 0 Å². The summed E-state index contributed by atoms with van der Waals surface area (Å²) in [5.41, 5.74) is 2.31. The maximum absolute atomic E-state index is 5.88. The van der Waals surface area contributed by atoms with Gasteiger partial charge in [0.15, 0.2) is 11.5 Å². The molecule has 0 atom stereocenters. The SMILES string of the molecule is COc1c(C)ccc(Sc2ccccc2CCCl)c1OC. The molecule has 0 saturated heterocycles. The second-order valence-electron chi connectivity index (χ2n) is 4.60. The van der Waals surface area contributed by atoms with Crippen LogP contribution in [0.4, 0.5) is 0 Å². The first kappa shape index (κ1) is 16.1. The third-order valence-electron chi connectivity index (χ3n) is 3.24. The quantitative estimate of drug-likeness (QED) is 0.701. The van der Waals surface area contributed by atoms with Gasteiger partial charge in [0.25, 0.3) is 0 Å². The number of ether oxygens (including phenoxy) is 2. The molecule has 0 saturated carbocycles. The molecule has 0 amide bonds. The van der Waals surface area contributed by atoms with Crippen LogP contribution in [0.15, 0.2) is 46.2 Å². The summed E-state index contributed by atoms with van der Waals surface area (Å²) in [7, 11) is 3.34. The largest absolute Gasteiger partial charge is 0.493 e. The summed E-state index contributed by atoms with van der Waals surface area (Å²) in [6.45, 7) is 2.01. The molecule has 0 unspecified atom stereocenters. The molecule has 2 aromatic carbocycles. The number of alkyl halides is 1. The fourth-order valence-corrected chi connectivity index (χ4v) is 3.49. The summed E-state index contributed by atoms with van der Waals surface area (Å²) < 4.78 is 11.0. The molecule has 2 aromatic rings. The number of rotatable bonds is 6. The first-order chi connectivity index (χ1) is 10.2. The Bertz CT molecular complexity index is 614. The molecule has 112 valence electrons. The van der Waals surface area contributed by atoms with Crippen molar-refractivity contribution in [3.05, 3.63) is 47.5 Å². The lowest BCUT2D eigenvalue weighted by atomic mass is 10.2. The highest BCUT2D eigenvalue weighted by Gasteiger charge is 2.14. The van der Waals surface area contributed by atoms with Gasteiger partial charge in [-0.25, -0.2) is 0 Å². The van der Waals surface area contributed by atoms with Crippen molar-refractivity contribution in [1.82, 2.24) is 0 Å². The van der Waals surface area contributed by atoms with Gasteiger partial charge in [-0.2, -0.15) is 0 Å². The normalized spacial score (nSPS) is 10.5. The van der Waals surface area contributed by atoms with E-state index in [-0.39, 0.29) is 0 Å². The van der Waals surface area contributed by atoms with E-state index in [1.807, 2.05) is 25.1 Å². The van der Waals surface area contributed by atoms with Crippen molar-refractivity contribution in [3.8, 4) is 11.5 Å². The molecule has 0 aliphatic heterocycles. The molecule has 2 rings (SSSR count). The summed E-state index contributed by atoms with van der Waals surface area (Å²) in [5.74, 6) is 2.19. The Hall–Kier alpha value is -1.32.